The molecule has 2 aliphatic heterocycles. The highest BCUT2D eigenvalue weighted by molar-refractivity contribution is 14.0. The third-order valence-electron chi connectivity index (χ3n) is 4.74. The Morgan fingerprint density at radius 3 is 2.68 bits per heavy atom. The quantitative estimate of drug-likeness (QED) is 0.398. The molecule has 0 aromatic rings. The van der Waals surface area contributed by atoms with Crippen LogP contribution in [0.4, 0.5) is 0 Å². The summed E-state index contributed by atoms with van der Waals surface area (Å²) >= 11 is 2.05. The maximum atomic E-state index is 5.46. The van der Waals surface area contributed by atoms with Gasteiger partial charge in [0.2, 0.25) is 0 Å². The van der Waals surface area contributed by atoms with E-state index in [0.717, 1.165) is 32.3 Å². The second-order valence-electron chi connectivity index (χ2n) is 6.43. The first-order valence-corrected chi connectivity index (χ1v) is 8.97. The number of guanidine groups is 1. The van der Waals surface area contributed by atoms with E-state index in [1.165, 1.54) is 24.3 Å². The lowest BCUT2D eigenvalue weighted by Gasteiger charge is -2.37. The Kier molecular flexibility index (Phi) is 8.81. The molecule has 22 heavy (non-hydrogen) atoms. The van der Waals surface area contributed by atoms with Crippen molar-refractivity contribution in [3.63, 3.8) is 0 Å². The van der Waals surface area contributed by atoms with Crippen molar-refractivity contribution in [1.29, 1.82) is 0 Å². The number of nitrogens with one attached hydrogen (secondary N) is 1. The maximum Gasteiger partial charge on any atom is 0.193 e. The maximum absolute atomic E-state index is 5.46. The summed E-state index contributed by atoms with van der Waals surface area (Å²) in [4.78, 5) is 9.06. The molecule has 0 spiro atoms. The second-order valence-corrected chi connectivity index (χ2v) is 7.54. The van der Waals surface area contributed by atoms with Gasteiger partial charge < -0.3 is 19.9 Å². The summed E-state index contributed by atoms with van der Waals surface area (Å²) in [6.45, 7) is 3.78. The number of ether oxygens (including phenoxy) is 1. The number of halogens is 1. The molecule has 0 aliphatic carbocycles. The zero-order valence-electron chi connectivity index (χ0n) is 14.3. The monoisotopic (exact) mass is 442 g/mol. The Morgan fingerprint density at radius 1 is 1.41 bits per heavy atom. The number of likely N-dealkylation sites (N-methyl/N-ethyl adjacent to an activating group) is 1. The Bertz CT molecular complexity index is 355. The van der Waals surface area contributed by atoms with Crippen molar-refractivity contribution in [3.05, 3.63) is 0 Å². The smallest absolute Gasteiger partial charge is 0.193 e. The van der Waals surface area contributed by atoms with Gasteiger partial charge in [-0.25, -0.2) is 0 Å². The fourth-order valence-corrected chi connectivity index (χ4v) is 4.63. The van der Waals surface area contributed by atoms with Gasteiger partial charge in [-0.15, -0.1) is 24.0 Å². The summed E-state index contributed by atoms with van der Waals surface area (Å²) in [6, 6.07) is 0. The van der Waals surface area contributed by atoms with E-state index in [4.69, 9.17) is 4.74 Å². The SMILES string of the molecule is CN=C(NCC1(N(C)C)CCSC1)N(C)CC1CCOC1.I. The minimum atomic E-state index is 0. The van der Waals surface area contributed by atoms with Gasteiger partial charge in [-0.2, -0.15) is 11.8 Å². The zero-order chi connectivity index (χ0) is 15.3. The van der Waals surface area contributed by atoms with E-state index >= 15 is 0 Å². The van der Waals surface area contributed by atoms with Crippen molar-refractivity contribution >= 4 is 41.7 Å². The molecular formula is C15H31IN4OS. The third kappa shape index (κ3) is 5.14. The molecule has 0 aromatic heterocycles. The first-order valence-electron chi connectivity index (χ1n) is 7.82. The van der Waals surface area contributed by atoms with E-state index in [-0.39, 0.29) is 29.5 Å². The summed E-state index contributed by atoms with van der Waals surface area (Å²) in [5.41, 5.74) is 0.262. The molecule has 0 radical (unpaired) electrons. The number of nitrogens with zero attached hydrogens (tertiary/aromatic N) is 3. The molecule has 130 valence electrons. The number of hydrogen-bond acceptors (Lipinski definition) is 4. The van der Waals surface area contributed by atoms with Gasteiger partial charge in [0, 0.05) is 51.0 Å². The van der Waals surface area contributed by atoms with Crippen LogP contribution >= 0.6 is 35.7 Å². The summed E-state index contributed by atoms with van der Waals surface area (Å²) in [5, 5.41) is 3.59. The molecule has 2 unspecified atom stereocenters. The molecule has 2 fully saturated rings. The standard InChI is InChI=1S/C15H30N4OS.HI/c1-16-14(19(4)9-13-5-7-20-10-13)17-11-15(18(2)3)6-8-21-12-15;/h13H,5-12H2,1-4H3,(H,16,17);1H. The summed E-state index contributed by atoms with van der Waals surface area (Å²) in [5.74, 6) is 4.09. The Hall–Kier alpha value is 0.270. The highest BCUT2D eigenvalue weighted by atomic mass is 127. The lowest BCUT2D eigenvalue weighted by Crippen LogP contribution is -2.55. The van der Waals surface area contributed by atoms with E-state index in [1.807, 2.05) is 7.05 Å². The second kappa shape index (κ2) is 9.54. The van der Waals surface area contributed by atoms with Gasteiger partial charge in [-0.05, 0) is 32.7 Å². The Balaban J connectivity index is 0.00000242. The average molecular weight is 442 g/mol. The van der Waals surface area contributed by atoms with E-state index in [2.05, 4.69) is 53.0 Å². The fourth-order valence-electron chi connectivity index (χ4n) is 3.08. The van der Waals surface area contributed by atoms with Crippen LogP contribution in [0.25, 0.3) is 0 Å². The van der Waals surface area contributed by atoms with E-state index < -0.39 is 0 Å². The number of thioether (sulfide) groups is 1. The molecule has 0 bridgehead atoms. The van der Waals surface area contributed by atoms with Gasteiger partial charge in [-0.1, -0.05) is 0 Å². The zero-order valence-corrected chi connectivity index (χ0v) is 17.4. The highest BCUT2D eigenvalue weighted by Crippen LogP contribution is 2.31. The number of aliphatic imine (C=N–C) groups is 1. The van der Waals surface area contributed by atoms with Crippen LogP contribution in [0.3, 0.4) is 0 Å². The minimum Gasteiger partial charge on any atom is -0.381 e. The molecule has 2 aliphatic rings. The van der Waals surface area contributed by atoms with Crippen molar-refractivity contribution in [2.75, 3.05) is 66.0 Å². The molecule has 7 heteroatoms. The summed E-state index contributed by atoms with van der Waals surface area (Å²) in [7, 11) is 8.38. The van der Waals surface area contributed by atoms with E-state index in [1.54, 1.807) is 0 Å². The Morgan fingerprint density at radius 2 is 2.18 bits per heavy atom. The number of hydrogen-bond donors (Lipinski definition) is 1. The van der Waals surface area contributed by atoms with Crippen LogP contribution in [0.2, 0.25) is 0 Å². The molecular weight excluding hydrogens is 411 g/mol. The van der Waals surface area contributed by atoms with Gasteiger partial charge in [-0.3, -0.25) is 4.99 Å². The predicted molar refractivity (Wildman–Crippen MR) is 107 cm³/mol. The van der Waals surface area contributed by atoms with Crippen LogP contribution in [0.1, 0.15) is 12.8 Å². The van der Waals surface area contributed by atoms with Crippen LogP contribution in [-0.2, 0) is 4.74 Å². The van der Waals surface area contributed by atoms with Crippen LogP contribution < -0.4 is 5.32 Å². The molecule has 2 atom stereocenters. The average Bonchev–Trinajstić information content (AvgIpc) is 3.11. The van der Waals surface area contributed by atoms with Crippen LogP contribution in [0, 0.1) is 5.92 Å². The largest absolute Gasteiger partial charge is 0.381 e. The lowest BCUT2D eigenvalue weighted by atomic mass is 9.97. The molecule has 2 heterocycles. The van der Waals surface area contributed by atoms with Crippen LogP contribution in [0.15, 0.2) is 4.99 Å². The minimum absolute atomic E-state index is 0. The molecule has 5 nitrogen and oxygen atoms in total. The van der Waals surface area contributed by atoms with Gasteiger partial charge in [0.05, 0.1) is 6.61 Å². The van der Waals surface area contributed by atoms with Crippen molar-refractivity contribution in [2.45, 2.75) is 18.4 Å². The topological polar surface area (TPSA) is 40.1 Å². The van der Waals surface area contributed by atoms with Gasteiger partial charge in [0.1, 0.15) is 0 Å². The van der Waals surface area contributed by atoms with Gasteiger partial charge in [0.15, 0.2) is 5.96 Å². The molecule has 2 saturated heterocycles. The van der Waals surface area contributed by atoms with Crippen LogP contribution in [-0.4, -0.2) is 87.3 Å². The summed E-state index contributed by atoms with van der Waals surface area (Å²) < 4.78 is 5.46. The molecule has 0 amide bonds. The van der Waals surface area contributed by atoms with Crippen molar-refractivity contribution in [2.24, 2.45) is 10.9 Å². The molecule has 0 aromatic carbocycles. The molecule has 0 saturated carbocycles. The predicted octanol–water partition coefficient (Wildman–Crippen LogP) is 1.59. The van der Waals surface area contributed by atoms with E-state index in [0.29, 0.717) is 5.92 Å². The summed E-state index contributed by atoms with van der Waals surface area (Å²) in [6.07, 6.45) is 2.41. The Labute approximate surface area is 156 Å². The van der Waals surface area contributed by atoms with Crippen molar-refractivity contribution in [3.8, 4) is 0 Å². The fraction of sp³-hybridized carbons (Fsp3) is 0.933. The third-order valence-corrected chi connectivity index (χ3v) is 5.97. The van der Waals surface area contributed by atoms with Crippen molar-refractivity contribution in [1.82, 2.24) is 15.1 Å². The molecule has 1 N–H and O–H groups in total. The molecule has 2 rings (SSSR count). The normalized spacial score (nSPS) is 28.8. The lowest BCUT2D eigenvalue weighted by molar-refractivity contribution is 0.177. The van der Waals surface area contributed by atoms with Gasteiger partial charge in [0.25, 0.3) is 0 Å². The van der Waals surface area contributed by atoms with E-state index in [9.17, 15) is 0 Å². The van der Waals surface area contributed by atoms with Crippen molar-refractivity contribution < 1.29 is 4.74 Å². The van der Waals surface area contributed by atoms with Gasteiger partial charge >= 0.3 is 0 Å². The van der Waals surface area contributed by atoms with Crippen LogP contribution in [0.5, 0.6) is 0 Å². The highest BCUT2D eigenvalue weighted by Gasteiger charge is 2.36. The first kappa shape index (κ1) is 20.3. The first-order chi connectivity index (χ1) is 10.1. The number of rotatable bonds is 5.